The van der Waals surface area contributed by atoms with Crippen molar-refractivity contribution < 1.29 is 29.0 Å². The summed E-state index contributed by atoms with van der Waals surface area (Å²) in [6.07, 6.45) is 0.967. The third kappa shape index (κ3) is 7.18. The number of hydrogen-bond acceptors (Lipinski definition) is 9. The molecule has 0 bridgehead atoms. The molecule has 0 spiro atoms. The van der Waals surface area contributed by atoms with Crippen LogP contribution in [0.2, 0.25) is 0 Å². The average molecular weight is 708 g/mol. The van der Waals surface area contributed by atoms with Gasteiger partial charge in [-0.25, -0.2) is 19.5 Å². The number of phenols is 1. The van der Waals surface area contributed by atoms with Gasteiger partial charge in [0.1, 0.15) is 30.0 Å². The van der Waals surface area contributed by atoms with E-state index in [0.29, 0.717) is 42.9 Å². The number of aromatic hydroxyl groups is 1. The fourth-order valence-electron chi connectivity index (χ4n) is 7.09. The summed E-state index contributed by atoms with van der Waals surface area (Å²) < 4.78 is 6.94. The normalized spacial score (nSPS) is 19.5. The Bertz CT molecular complexity index is 1950. The highest BCUT2D eigenvalue weighted by Gasteiger charge is 2.51. The molecule has 1 aromatic heterocycles. The predicted octanol–water partition coefficient (Wildman–Crippen LogP) is 1.73. The number of aromatic nitrogens is 3. The maximum absolute atomic E-state index is 14.5. The number of fused-ring (bicyclic) bond motifs is 2. The number of benzene rings is 3. The molecule has 15 heteroatoms. The van der Waals surface area contributed by atoms with Crippen molar-refractivity contribution in [2.75, 3.05) is 45.9 Å². The summed E-state index contributed by atoms with van der Waals surface area (Å²) >= 11 is 0. The molecule has 52 heavy (non-hydrogen) atoms. The largest absolute Gasteiger partial charge is 0.508 e. The van der Waals surface area contributed by atoms with Gasteiger partial charge in [-0.2, -0.15) is 0 Å². The third-order valence-corrected chi connectivity index (χ3v) is 9.67. The van der Waals surface area contributed by atoms with E-state index in [9.17, 15) is 24.3 Å². The summed E-state index contributed by atoms with van der Waals surface area (Å²) in [5.74, 6) is -0.570. The van der Waals surface area contributed by atoms with Crippen LogP contribution in [0.1, 0.15) is 16.7 Å². The zero-order valence-corrected chi connectivity index (χ0v) is 28.7. The highest BCUT2D eigenvalue weighted by molar-refractivity contribution is 5.92. The lowest BCUT2D eigenvalue weighted by Gasteiger charge is -2.55. The minimum absolute atomic E-state index is 0.0165. The lowest BCUT2D eigenvalue weighted by atomic mass is 9.98. The van der Waals surface area contributed by atoms with Gasteiger partial charge >= 0.3 is 6.03 Å². The molecular weight excluding hydrogens is 666 g/mol. The van der Waals surface area contributed by atoms with E-state index in [1.54, 1.807) is 49.8 Å². The first kappa shape index (κ1) is 34.6. The van der Waals surface area contributed by atoms with Crippen LogP contribution in [0.3, 0.4) is 0 Å². The Morgan fingerprint density at radius 2 is 1.75 bits per heavy atom. The van der Waals surface area contributed by atoms with E-state index in [0.717, 1.165) is 11.1 Å². The van der Waals surface area contributed by atoms with Crippen molar-refractivity contribution >= 4 is 34.8 Å². The number of hydrogen-bond donors (Lipinski definition) is 2. The Balaban J connectivity index is 1.20. The number of rotatable bonds is 10. The second-order valence-electron chi connectivity index (χ2n) is 13.0. The first-order valence-electron chi connectivity index (χ1n) is 17.3. The molecule has 3 aliphatic heterocycles. The number of piperazine rings is 1. The quantitative estimate of drug-likeness (QED) is 0.235. The van der Waals surface area contributed by atoms with E-state index in [1.807, 2.05) is 48.5 Å². The van der Waals surface area contributed by atoms with E-state index in [2.05, 4.69) is 22.2 Å². The van der Waals surface area contributed by atoms with Crippen molar-refractivity contribution in [2.45, 2.75) is 38.3 Å². The van der Waals surface area contributed by atoms with Crippen LogP contribution in [0.15, 0.2) is 85.5 Å². The lowest BCUT2D eigenvalue weighted by molar-refractivity contribution is -0.189. The zero-order valence-electron chi connectivity index (χ0n) is 28.7. The highest BCUT2D eigenvalue weighted by Crippen LogP contribution is 2.30. The second kappa shape index (κ2) is 15.2. The van der Waals surface area contributed by atoms with Gasteiger partial charge < -0.3 is 29.9 Å². The molecule has 0 radical (unpaired) electrons. The van der Waals surface area contributed by atoms with Gasteiger partial charge in [-0.05, 0) is 29.3 Å². The van der Waals surface area contributed by atoms with E-state index >= 15 is 0 Å². The van der Waals surface area contributed by atoms with Crippen LogP contribution in [0.4, 0.5) is 4.79 Å². The number of hydrazine groups is 1. The van der Waals surface area contributed by atoms with Crippen LogP contribution in [0.5, 0.6) is 5.75 Å². The van der Waals surface area contributed by atoms with E-state index in [1.165, 1.54) is 9.91 Å². The Labute approximate surface area is 300 Å². The lowest BCUT2D eigenvalue weighted by Crippen LogP contribution is -2.76. The van der Waals surface area contributed by atoms with Crippen molar-refractivity contribution in [1.29, 1.82) is 0 Å². The van der Waals surface area contributed by atoms with Crippen molar-refractivity contribution in [2.24, 2.45) is 0 Å². The fourth-order valence-corrected chi connectivity index (χ4v) is 7.09. The molecule has 3 fully saturated rings. The van der Waals surface area contributed by atoms with Crippen LogP contribution < -0.4 is 5.32 Å². The van der Waals surface area contributed by atoms with Gasteiger partial charge in [0, 0.05) is 44.7 Å². The minimum Gasteiger partial charge on any atom is -0.508 e. The molecule has 3 aromatic carbocycles. The molecule has 5 amide bonds. The molecular formula is C37H41N9O6. The average Bonchev–Trinajstić information content (AvgIpc) is 3.57. The predicted molar refractivity (Wildman–Crippen MR) is 189 cm³/mol. The van der Waals surface area contributed by atoms with E-state index < -0.39 is 18.2 Å². The molecule has 2 atom stereocenters. The van der Waals surface area contributed by atoms with Gasteiger partial charge in [0.25, 0.3) is 0 Å². The van der Waals surface area contributed by atoms with Crippen molar-refractivity contribution in [1.82, 2.24) is 45.0 Å². The topological polar surface area (TPSA) is 157 Å². The fraction of sp³-hybridized carbons (Fsp3) is 0.351. The van der Waals surface area contributed by atoms with Gasteiger partial charge in [-0.15, -0.1) is 11.7 Å². The number of carbonyl (C=O) groups excluding carboxylic acids is 4. The Morgan fingerprint density at radius 3 is 2.50 bits per heavy atom. The SMILES string of the molecule is C=CCN1CC(=O)N2[C@@H](Cc3ccc(O)cc3)C(=O)N(Cc3cccc4c3nnn4CC(=O)N3CCOCC3)C[C@@H]2N1C(=O)NCc1ccccc1. The van der Waals surface area contributed by atoms with E-state index in [4.69, 9.17) is 4.74 Å². The summed E-state index contributed by atoms with van der Waals surface area (Å²) in [6, 6.07) is 20.2. The van der Waals surface area contributed by atoms with Crippen LogP contribution in [0, 0.1) is 0 Å². The van der Waals surface area contributed by atoms with Crippen molar-refractivity contribution in [3.8, 4) is 5.75 Å². The minimum atomic E-state index is -0.938. The number of phenolic OH excluding ortho intramolecular Hbond substituents is 1. The molecule has 4 heterocycles. The van der Waals surface area contributed by atoms with Crippen LogP contribution in [0.25, 0.3) is 11.0 Å². The van der Waals surface area contributed by atoms with Gasteiger partial charge in [0.15, 0.2) is 0 Å². The smallest absolute Gasteiger partial charge is 0.334 e. The van der Waals surface area contributed by atoms with Gasteiger partial charge in [-0.3, -0.25) is 14.4 Å². The summed E-state index contributed by atoms with van der Waals surface area (Å²) in [6.45, 7) is 6.43. The molecule has 0 saturated carbocycles. The first-order chi connectivity index (χ1) is 25.3. The van der Waals surface area contributed by atoms with Crippen LogP contribution in [-0.4, -0.2) is 127 Å². The monoisotopic (exact) mass is 707 g/mol. The van der Waals surface area contributed by atoms with Crippen molar-refractivity contribution in [3.63, 3.8) is 0 Å². The summed E-state index contributed by atoms with van der Waals surface area (Å²) in [5.41, 5.74) is 3.56. The number of urea groups is 1. The second-order valence-corrected chi connectivity index (χ2v) is 13.0. The summed E-state index contributed by atoms with van der Waals surface area (Å²) in [4.78, 5) is 60.4. The molecule has 270 valence electrons. The Kier molecular flexibility index (Phi) is 10.1. The molecule has 2 N–H and O–H groups in total. The highest BCUT2D eigenvalue weighted by atomic mass is 16.5. The van der Waals surface area contributed by atoms with Gasteiger partial charge in [-0.1, -0.05) is 65.9 Å². The number of ether oxygens (including phenoxy) is 1. The number of carbonyl (C=O) groups is 4. The number of amides is 5. The number of nitrogens with one attached hydrogen (secondary N) is 1. The molecule has 4 aromatic rings. The summed E-state index contributed by atoms with van der Waals surface area (Å²) in [5, 5.41) is 24.8. The zero-order chi connectivity index (χ0) is 36.2. The maximum atomic E-state index is 14.5. The summed E-state index contributed by atoms with van der Waals surface area (Å²) in [7, 11) is 0. The van der Waals surface area contributed by atoms with E-state index in [-0.39, 0.29) is 69.2 Å². The maximum Gasteiger partial charge on any atom is 0.334 e. The number of morpholine rings is 1. The Hall–Kier alpha value is -5.80. The Morgan fingerprint density at radius 1 is 0.981 bits per heavy atom. The molecule has 15 nitrogen and oxygen atoms in total. The molecule has 0 unspecified atom stereocenters. The molecule has 3 aliphatic rings. The van der Waals surface area contributed by atoms with Crippen LogP contribution in [-0.2, 0) is 45.2 Å². The molecule has 0 aliphatic carbocycles. The van der Waals surface area contributed by atoms with Gasteiger partial charge in [0.05, 0.1) is 31.8 Å². The van der Waals surface area contributed by atoms with Crippen molar-refractivity contribution in [3.05, 3.63) is 102 Å². The molecule has 3 saturated heterocycles. The first-order valence-corrected chi connectivity index (χ1v) is 17.3. The molecule has 7 rings (SSSR count). The van der Waals surface area contributed by atoms with Crippen LogP contribution >= 0.6 is 0 Å². The number of nitrogens with zero attached hydrogens (tertiary/aromatic N) is 8. The van der Waals surface area contributed by atoms with Gasteiger partial charge in [0.2, 0.25) is 17.7 Å². The third-order valence-electron chi connectivity index (χ3n) is 9.67. The standard InChI is InChI=1S/C37H41N9O6/c1-2-15-43-24-34(49)45-31(20-26-11-13-29(47)14-12-26)36(50)42(23-32(45)46(43)37(51)38-21-27-7-4-3-5-8-27)22-28-9-6-10-30-35(28)39-40-44(30)25-33(48)41-16-18-52-19-17-41/h2-14,31-32,47H,1,15-25H2,(H,38,51)/t31-,32-/m0/s1.